The van der Waals surface area contributed by atoms with Gasteiger partial charge in [0, 0.05) is 18.5 Å². The lowest BCUT2D eigenvalue weighted by Crippen LogP contribution is -2.24. The first-order valence-corrected chi connectivity index (χ1v) is 9.90. The van der Waals surface area contributed by atoms with E-state index in [9.17, 15) is 13.2 Å². The number of carbonyl (C=O) groups excluding carboxylic acids is 1. The molecule has 7 heteroatoms. The van der Waals surface area contributed by atoms with Gasteiger partial charge in [0.2, 0.25) is 5.91 Å². The summed E-state index contributed by atoms with van der Waals surface area (Å²) in [5.74, 6) is 1.19. The van der Waals surface area contributed by atoms with Crippen molar-refractivity contribution in [1.82, 2.24) is 5.32 Å². The quantitative estimate of drug-likeness (QED) is 0.855. The number of hydrogen-bond donors (Lipinski definition) is 2. The zero-order chi connectivity index (χ0) is 17.9. The average molecular weight is 360 g/mol. The van der Waals surface area contributed by atoms with Crippen molar-refractivity contribution >= 4 is 21.4 Å². The third kappa shape index (κ3) is 4.58. The normalized spacial score (nSPS) is 17.2. The van der Waals surface area contributed by atoms with Crippen molar-refractivity contribution < 1.29 is 17.9 Å². The molecule has 1 saturated heterocycles. The maximum atomic E-state index is 12.1. The lowest BCUT2D eigenvalue weighted by molar-refractivity contribution is -0.119. The van der Waals surface area contributed by atoms with E-state index in [2.05, 4.69) is 10.6 Å². The summed E-state index contributed by atoms with van der Waals surface area (Å²) in [4.78, 5) is 12.3. The number of anilines is 1. The van der Waals surface area contributed by atoms with E-state index in [-0.39, 0.29) is 16.7 Å². The third-order valence-electron chi connectivity index (χ3n) is 4.04. The molecule has 132 valence electrons. The molecule has 25 heavy (non-hydrogen) atoms. The fraction of sp³-hybridized carbons (Fsp3) is 0.278. The Kier molecular flexibility index (Phi) is 5.06. The highest BCUT2D eigenvalue weighted by molar-refractivity contribution is 7.90. The molecule has 0 aliphatic carbocycles. The monoisotopic (exact) mass is 360 g/mol. The van der Waals surface area contributed by atoms with Gasteiger partial charge in [-0.25, -0.2) is 8.42 Å². The van der Waals surface area contributed by atoms with Crippen molar-refractivity contribution in [2.24, 2.45) is 5.92 Å². The Morgan fingerprint density at radius 1 is 1.08 bits per heavy atom. The lowest BCUT2D eigenvalue weighted by Gasteiger charge is -2.11. The van der Waals surface area contributed by atoms with Gasteiger partial charge in [0.25, 0.3) is 0 Å². The molecule has 2 N–H and O–H groups in total. The number of hydrogen-bond acceptors (Lipinski definition) is 5. The Hall–Kier alpha value is -2.38. The van der Waals surface area contributed by atoms with Gasteiger partial charge in [0.15, 0.2) is 9.84 Å². The third-order valence-corrected chi connectivity index (χ3v) is 5.17. The first-order valence-electron chi connectivity index (χ1n) is 8.01. The van der Waals surface area contributed by atoms with Crippen molar-refractivity contribution in [3.8, 4) is 11.5 Å². The van der Waals surface area contributed by atoms with E-state index in [1.165, 1.54) is 12.1 Å². The van der Waals surface area contributed by atoms with Gasteiger partial charge in [-0.3, -0.25) is 4.79 Å². The van der Waals surface area contributed by atoms with Crippen LogP contribution < -0.4 is 15.4 Å². The summed E-state index contributed by atoms with van der Waals surface area (Å²) in [6.45, 7) is 1.60. The second kappa shape index (κ2) is 7.25. The van der Waals surface area contributed by atoms with Gasteiger partial charge >= 0.3 is 0 Å². The van der Waals surface area contributed by atoms with E-state index in [0.717, 1.165) is 31.5 Å². The molecule has 1 aliphatic rings. The number of carbonyl (C=O) groups is 1. The zero-order valence-electron chi connectivity index (χ0n) is 13.9. The van der Waals surface area contributed by atoms with Crippen LogP contribution in [0.2, 0.25) is 0 Å². The molecular weight excluding hydrogens is 340 g/mol. The Morgan fingerprint density at radius 3 is 2.20 bits per heavy atom. The van der Waals surface area contributed by atoms with Gasteiger partial charge in [0.1, 0.15) is 11.5 Å². The lowest BCUT2D eigenvalue weighted by atomic mass is 10.1. The Morgan fingerprint density at radius 2 is 1.68 bits per heavy atom. The van der Waals surface area contributed by atoms with Crippen molar-refractivity contribution in [3.05, 3.63) is 48.5 Å². The molecular formula is C18H20N2O4S. The number of sulfone groups is 1. The maximum absolute atomic E-state index is 12.1. The largest absolute Gasteiger partial charge is 0.457 e. The molecule has 2 aromatic carbocycles. The van der Waals surface area contributed by atoms with Crippen molar-refractivity contribution in [2.45, 2.75) is 11.3 Å². The number of benzene rings is 2. The number of amides is 1. The van der Waals surface area contributed by atoms with Gasteiger partial charge < -0.3 is 15.4 Å². The molecule has 1 aliphatic heterocycles. The summed E-state index contributed by atoms with van der Waals surface area (Å²) < 4.78 is 28.6. The predicted octanol–water partition coefficient (Wildman–Crippen LogP) is 2.43. The summed E-state index contributed by atoms with van der Waals surface area (Å²) in [6.07, 6.45) is 2.02. The average Bonchev–Trinajstić information content (AvgIpc) is 3.11. The fourth-order valence-electron chi connectivity index (χ4n) is 2.62. The molecule has 3 rings (SSSR count). The maximum Gasteiger partial charge on any atom is 0.228 e. The van der Waals surface area contributed by atoms with Gasteiger partial charge in [-0.05, 0) is 61.5 Å². The summed E-state index contributed by atoms with van der Waals surface area (Å²) >= 11 is 0. The van der Waals surface area contributed by atoms with E-state index in [0.29, 0.717) is 11.5 Å². The van der Waals surface area contributed by atoms with Crippen LogP contribution in [-0.2, 0) is 14.6 Å². The predicted molar refractivity (Wildman–Crippen MR) is 95.7 cm³/mol. The van der Waals surface area contributed by atoms with Crippen molar-refractivity contribution in [3.63, 3.8) is 0 Å². The molecule has 1 fully saturated rings. The second-order valence-electron chi connectivity index (χ2n) is 6.05. The van der Waals surface area contributed by atoms with Crippen LogP contribution in [0.25, 0.3) is 0 Å². The van der Waals surface area contributed by atoms with Crippen LogP contribution in [0.3, 0.4) is 0 Å². The topological polar surface area (TPSA) is 84.5 Å². The van der Waals surface area contributed by atoms with Gasteiger partial charge in [0.05, 0.1) is 10.8 Å². The smallest absolute Gasteiger partial charge is 0.228 e. The molecule has 6 nitrogen and oxygen atoms in total. The standard InChI is InChI=1S/C18H20N2O4S/c1-25(22,23)17-8-6-16(7-9-17)24-15-4-2-14(3-5-15)20-18(21)13-10-11-19-12-13/h2-9,13,19H,10-12H2,1H3,(H,20,21). The molecule has 0 saturated carbocycles. The molecule has 1 atom stereocenters. The molecule has 0 bridgehead atoms. The van der Waals surface area contributed by atoms with Crippen LogP contribution in [0.5, 0.6) is 11.5 Å². The minimum Gasteiger partial charge on any atom is -0.457 e. The van der Waals surface area contributed by atoms with Crippen LogP contribution in [0.15, 0.2) is 53.4 Å². The van der Waals surface area contributed by atoms with Crippen LogP contribution in [0.1, 0.15) is 6.42 Å². The van der Waals surface area contributed by atoms with E-state index in [4.69, 9.17) is 4.74 Å². The van der Waals surface area contributed by atoms with E-state index in [1.54, 1.807) is 36.4 Å². The molecule has 1 amide bonds. The minimum absolute atomic E-state index is 0.0179. The zero-order valence-corrected chi connectivity index (χ0v) is 14.7. The fourth-order valence-corrected chi connectivity index (χ4v) is 3.25. The SMILES string of the molecule is CS(=O)(=O)c1ccc(Oc2ccc(NC(=O)C3CCNC3)cc2)cc1. The Bertz CT molecular complexity index is 840. The number of nitrogens with one attached hydrogen (secondary N) is 2. The van der Waals surface area contributed by atoms with Gasteiger partial charge in [-0.1, -0.05) is 0 Å². The molecule has 0 radical (unpaired) electrons. The molecule has 1 heterocycles. The highest BCUT2D eigenvalue weighted by atomic mass is 32.2. The highest BCUT2D eigenvalue weighted by Gasteiger charge is 2.22. The molecule has 0 aromatic heterocycles. The first-order chi connectivity index (χ1) is 11.9. The number of rotatable bonds is 5. The summed E-state index contributed by atoms with van der Waals surface area (Å²) in [5, 5.41) is 6.07. The number of ether oxygens (including phenoxy) is 1. The Balaban J connectivity index is 1.61. The first kappa shape index (κ1) is 17.4. The highest BCUT2D eigenvalue weighted by Crippen LogP contribution is 2.24. The van der Waals surface area contributed by atoms with E-state index < -0.39 is 9.84 Å². The van der Waals surface area contributed by atoms with Crippen LogP contribution in [-0.4, -0.2) is 33.7 Å². The molecule has 0 spiro atoms. The molecule has 1 unspecified atom stereocenters. The van der Waals surface area contributed by atoms with Gasteiger partial charge in [-0.2, -0.15) is 0 Å². The Labute approximate surface area is 147 Å². The summed E-state index contributed by atoms with van der Waals surface area (Å²) in [6, 6.07) is 13.3. The van der Waals surface area contributed by atoms with Gasteiger partial charge in [-0.15, -0.1) is 0 Å². The van der Waals surface area contributed by atoms with E-state index >= 15 is 0 Å². The van der Waals surface area contributed by atoms with Crippen LogP contribution in [0.4, 0.5) is 5.69 Å². The van der Waals surface area contributed by atoms with Crippen molar-refractivity contribution in [1.29, 1.82) is 0 Å². The van der Waals surface area contributed by atoms with Crippen molar-refractivity contribution in [2.75, 3.05) is 24.7 Å². The van der Waals surface area contributed by atoms with E-state index in [1.807, 2.05) is 0 Å². The van der Waals surface area contributed by atoms with Crippen LogP contribution >= 0.6 is 0 Å². The molecule has 2 aromatic rings. The summed E-state index contributed by atoms with van der Waals surface area (Å²) in [7, 11) is -3.22. The van der Waals surface area contributed by atoms with Crippen LogP contribution in [0, 0.1) is 5.92 Å². The second-order valence-corrected chi connectivity index (χ2v) is 8.06. The summed E-state index contributed by atoms with van der Waals surface area (Å²) in [5.41, 5.74) is 0.719. The minimum atomic E-state index is -3.22.